The largest absolute Gasteiger partial charge is 0.480 e. The van der Waals surface area contributed by atoms with Crippen LogP contribution < -0.4 is 0 Å². The quantitative estimate of drug-likeness (QED) is 0.908. The Morgan fingerprint density at radius 1 is 1.35 bits per heavy atom. The van der Waals surface area contributed by atoms with E-state index < -0.39 is 12.0 Å². The Balaban J connectivity index is 2.14. The summed E-state index contributed by atoms with van der Waals surface area (Å²) in [5.74, 6) is -0.810. The average Bonchev–Trinajstić information content (AvgIpc) is 2.86. The molecule has 106 valence electrons. The summed E-state index contributed by atoms with van der Waals surface area (Å²) in [6, 6.07) is 11.3. The zero-order valence-corrected chi connectivity index (χ0v) is 12.9. The average molecular weight is 310 g/mol. The molecule has 5 heteroatoms. The Labute approximate surface area is 127 Å². The fourth-order valence-corrected chi connectivity index (χ4v) is 3.24. The van der Waals surface area contributed by atoms with Crippen molar-refractivity contribution in [1.29, 1.82) is 0 Å². The van der Waals surface area contributed by atoms with Crippen LogP contribution in [0.4, 0.5) is 0 Å². The zero-order valence-electron chi connectivity index (χ0n) is 11.3. The van der Waals surface area contributed by atoms with Gasteiger partial charge in [0.15, 0.2) is 0 Å². The Hall–Kier alpha value is -1.36. The number of benzene rings is 1. The van der Waals surface area contributed by atoms with Gasteiger partial charge >= 0.3 is 5.97 Å². The van der Waals surface area contributed by atoms with E-state index in [0.717, 1.165) is 20.3 Å². The third-order valence-electron chi connectivity index (χ3n) is 3.22. The number of rotatable bonds is 5. The maximum absolute atomic E-state index is 10.9. The van der Waals surface area contributed by atoms with E-state index in [1.54, 1.807) is 18.3 Å². The van der Waals surface area contributed by atoms with E-state index in [2.05, 4.69) is 0 Å². The Kier molecular flexibility index (Phi) is 4.81. The van der Waals surface area contributed by atoms with E-state index in [-0.39, 0.29) is 0 Å². The van der Waals surface area contributed by atoms with E-state index in [0.29, 0.717) is 6.54 Å². The second-order valence-electron chi connectivity index (χ2n) is 4.68. The van der Waals surface area contributed by atoms with Gasteiger partial charge in [-0.05, 0) is 32.2 Å². The summed E-state index contributed by atoms with van der Waals surface area (Å²) in [6.07, 6.45) is 0. The van der Waals surface area contributed by atoms with Crippen molar-refractivity contribution in [1.82, 2.24) is 4.90 Å². The summed E-state index contributed by atoms with van der Waals surface area (Å²) < 4.78 is 0. The van der Waals surface area contributed by atoms with Gasteiger partial charge in [0, 0.05) is 26.9 Å². The molecule has 0 spiro atoms. The van der Waals surface area contributed by atoms with Gasteiger partial charge in [-0.1, -0.05) is 29.8 Å². The molecule has 0 bridgehead atoms. The van der Waals surface area contributed by atoms with Gasteiger partial charge in [-0.3, -0.25) is 9.69 Å². The van der Waals surface area contributed by atoms with Crippen LogP contribution in [0.3, 0.4) is 0 Å². The molecule has 0 aliphatic rings. The molecule has 0 aliphatic carbocycles. The van der Waals surface area contributed by atoms with Crippen molar-refractivity contribution in [2.75, 3.05) is 7.05 Å². The maximum Gasteiger partial charge on any atom is 0.320 e. The summed E-state index contributed by atoms with van der Waals surface area (Å²) in [6.45, 7) is 2.30. The van der Waals surface area contributed by atoms with Gasteiger partial charge in [0.25, 0.3) is 0 Å². The summed E-state index contributed by atoms with van der Waals surface area (Å²) in [5.41, 5.74) is 1.01. The molecule has 0 aliphatic heterocycles. The van der Waals surface area contributed by atoms with Crippen molar-refractivity contribution in [3.05, 3.63) is 46.3 Å². The molecule has 1 aromatic carbocycles. The minimum Gasteiger partial charge on any atom is -0.480 e. The van der Waals surface area contributed by atoms with Crippen molar-refractivity contribution < 1.29 is 9.90 Å². The molecular weight excluding hydrogens is 294 g/mol. The molecule has 1 atom stereocenters. The number of thiophene rings is 1. The second kappa shape index (κ2) is 6.39. The molecular formula is C15H16ClNO2S. The first-order chi connectivity index (χ1) is 9.49. The Morgan fingerprint density at radius 2 is 2.05 bits per heavy atom. The van der Waals surface area contributed by atoms with Gasteiger partial charge < -0.3 is 5.11 Å². The lowest BCUT2D eigenvalue weighted by Gasteiger charge is -2.19. The minimum atomic E-state index is -0.810. The number of carboxylic acid groups (broad SMARTS) is 1. The number of aliphatic carboxylic acids is 1. The molecule has 0 amide bonds. The maximum atomic E-state index is 10.9. The molecule has 1 unspecified atom stereocenters. The molecule has 20 heavy (non-hydrogen) atoms. The Morgan fingerprint density at radius 3 is 2.70 bits per heavy atom. The van der Waals surface area contributed by atoms with Gasteiger partial charge in [0.2, 0.25) is 0 Å². The van der Waals surface area contributed by atoms with Crippen LogP contribution in [0.5, 0.6) is 0 Å². The highest BCUT2D eigenvalue weighted by Gasteiger charge is 2.17. The first-order valence-corrected chi connectivity index (χ1v) is 7.45. The van der Waals surface area contributed by atoms with Crippen LogP contribution in [0.1, 0.15) is 11.8 Å². The Bertz CT molecular complexity index is 611. The number of hydrogen-bond donors (Lipinski definition) is 1. The third kappa shape index (κ3) is 3.39. The van der Waals surface area contributed by atoms with Crippen LogP contribution in [0.2, 0.25) is 5.02 Å². The highest BCUT2D eigenvalue weighted by Crippen LogP contribution is 2.33. The van der Waals surface area contributed by atoms with Crippen LogP contribution in [-0.2, 0) is 11.3 Å². The highest BCUT2D eigenvalue weighted by atomic mass is 35.5. The van der Waals surface area contributed by atoms with Crippen molar-refractivity contribution in [2.45, 2.75) is 19.5 Å². The number of carboxylic acids is 1. The summed E-state index contributed by atoms with van der Waals surface area (Å²) in [4.78, 5) is 15.0. The predicted molar refractivity (Wildman–Crippen MR) is 83.3 cm³/mol. The molecule has 2 rings (SSSR count). The van der Waals surface area contributed by atoms with Crippen LogP contribution in [0.15, 0.2) is 36.4 Å². The number of likely N-dealkylation sites (N-methyl/N-ethyl adjacent to an activating group) is 1. The van der Waals surface area contributed by atoms with Crippen molar-refractivity contribution in [3.63, 3.8) is 0 Å². The predicted octanol–water partition coefficient (Wildman–Crippen LogP) is 3.97. The topological polar surface area (TPSA) is 40.5 Å². The smallest absolute Gasteiger partial charge is 0.320 e. The SMILES string of the molecule is CC(C(=O)O)N(C)Cc1ccc(-c2ccccc2Cl)s1. The number of nitrogens with zero attached hydrogens (tertiary/aromatic N) is 1. The summed E-state index contributed by atoms with van der Waals surface area (Å²) in [5, 5.41) is 9.72. The molecule has 1 N–H and O–H groups in total. The van der Waals surface area contributed by atoms with Gasteiger partial charge in [-0.25, -0.2) is 0 Å². The normalized spacial score (nSPS) is 12.6. The molecule has 3 nitrogen and oxygen atoms in total. The number of hydrogen-bond acceptors (Lipinski definition) is 3. The van der Waals surface area contributed by atoms with E-state index in [1.807, 2.05) is 48.3 Å². The molecule has 1 heterocycles. The van der Waals surface area contributed by atoms with Gasteiger partial charge in [-0.2, -0.15) is 0 Å². The van der Waals surface area contributed by atoms with Crippen LogP contribution in [-0.4, -0.2) is 29.1 Å². The molecule has 0 radical (unpaired) electrons. The summed E-state index contributed by atoms with van der Waals surface area (Å²) >= 11 is 7.82. The minimum absolute atomic E-state index is 0.499. The van der Waals surface area contributed by atoms with Gasteiger partial charge in [-0.15, -0.1) is 11.3 Å². The molecule has 2 aromatic rings. The van der Waals surface area contributed by atoms with E-state index in [9.17, 15) is 4.79 Å². The van der Waals surface area contributed by atoms with Crippen LogP contribution in [0.25, 0.3) is 10.4 Å². The number of carbonyl (C=O) groups is 1. The van der Waals surface area contributed by atoms with E-state index in [1.165, 1.54) is 0 Å². The lowest BCUT2D eigenvalue weighted by atomic mass is 10.2. The standard InChI is InChI=1S/C15H16ClNO2S/c1-10(15(18)19)17(2)9-11-7-8-14(20-11)12-5-3-4-6-13(12)16/h3-8,10H,9H2,1-2H3,(H,18,19). The van der Waals surface area contributed by atoms with Gasteiger partial charge in [0.1, 0.15) is 6.04 Å². The van der Waals surface area contributed by atoms with Crippen LogP contribution >= 0.6 is 22.9 Å². The van der Waals surface area contributed by atoms with E-state index in [4.69, 9.17) is 16.7 Å². The monoisotopic (exact) mass is 309 g/mol. The molecule has 0 saturated carbocycles. The second-order valence-corrected chi connectivity index (χ2v) is 6.25. The first-order valence-electron chi connectivity index (χ1n) is 6.25. The fraction of sp³-hybridized carbons (Fsp3) is 0.267. The lowest BCUT2D eigenvalue weighted by Crippen LogP contribution is -2.34. The first kappa shape index (κ1) is 15.0. The molecule has 0 saturated heterocycles. The van der Waals surface area contributed by atoms with Gasteiger partial charge in [0.05, 0.1) is 0 Å². The van der Waals surface area contributed by atoms with E-state index >= 15 is 0 Å². The lowest BCUT2D eigenvalue weighted by molar-refractivity contribution is -0.142. The molecule has 1 aromatic heterocycles. The highest BCUT2D eigenvalue weighted by molar-refractivity contribution is 7.15. The molecule has 0 fully saturated rings. The van der Waals surface area contributed by atoms with Crippen molar-refractivity contribution >= 4 is 28.9 Å². The zero-order chi connectivity index (χ0) is 14.7. The van der Waals surface area contributed by atoms with Crippen molar-refractivity contribution in [3.8, 4) is 10.4 Å². The number of halogens is 1. The van der Waals surface area contributed by atoms with Crippen molar-refractivity contribution in [2.24, 2.45) is 0 Å². The fourth-order valence-electron chi connectivity index (χ4n) is 1.84. The van der Waals surface area contributed by atoms with Crippen LogP contribution in [0, 0.1) is 0 Å². The summed E-state index contributed by atoms with van der Waals surface area (Å²) in [7, 11) is 1.81. The third-order valence-corrected chi connectivity index (χ3v) is 4.66.